The Bertz CT molecular complexity index is 579. The molecule has 1 amide bonds. The van der Waals surface area contributed by atoms with Crippen molar-refractivity contribution in [2.24, 2.45) is 7.05 Å². The van der Waals surface area contributed by atoms with Crippen LogP contribution >= 0.6 is 0 Å². The molecule has 7 heteroatoms. The van der Waals surface area contributed by atoms with Crippen molar-refractivity contribution in [1.29, 1.82) is 0 Å². The molecule has 0 aromatic carbocycles. The van der Waals surface area contributed by atoms with E-state index < -0.39 is 23.7 Å². The highest BCUT2D eigenvalue weighted by Crippen LogP contribution is 2.30. The van der Waals surface area contributed by atoms with Gasteiger partial charge < -0.3 is 15.2 Å². The van der Waals surface area contributed by atoms with Gasteiger partial charge in [0.15, 0.2) is 0 Å². The first-order valence-electron chi connectivity index (χ1n) is 7.55. The number of amides is 1. The normalized spacial score (nSPS) is 13.5. The fourth-order valence-electron chi connectivity index (χ4n) is 2.21. The van der Waals surface area contributed by atoms with Gasteiger partial charge in [-0.15, -0.1) is 0 Å². The van der Waals surface area contributed by atoms with E-state index in [9.17, 15) is 14.7 Å². The van der Waals surface area contributed by atoms with Crippen LogP contribution < -0.4 is 5.32 Å². The molecule has 1 aromatic rings. The SMILES string of the molecule is Cn1cc([C@H](CC(=O)O)NC(=O)OC(C)(C)C)c(C(C)(C)C)n1. The Morgan fingerprint density at radius 1 is 1.30 bits per heavy atom. The fourth-order valence-corrected chi connectivity index (χ4v) is 2.21. The van der Waals surface area contributed by atoms with Crippen LogP contribution in [0, 0.1) is 0 Å². The van der Waals surface area contributed by atoms with Crippen LogP contribution in [0.3, 0.4) is 0 Å². The maximum atomic E-state index is 12.0. The minimum Gasteiger partial charge on any atom is -0.481 e. The number of rotatable bonds is 4. The molecule has 7 nitrogen and oxygen atoms in total. The molecule has 23 heavy (non-hydrogen) atoms. The summed E-state index contributed by atoms with van der Waals surface area (Å²) in [4.78, 5) is 23.2. The van der Waals surface area contributed by atoms with E-state index in [1.165, 1.54) is 0 Å². The Kier molecular flexibility index (Phi) is 5.45. The summed E-state index contributed by atoms with van der Waals surface area (Å²) in [6.45, 7) is 11.2. The summed E-state index contributed by atoms with van der Waals surface area (Å²) in [6.07, 6.45) is 0.854. The van der Waals surface area contributed by atoms with Gasteiger partial charge in [0.2, 0.25) is 0 Å². The van der Waals surface area contributed by atoms with Gasteiger partial charge in [-0.1, -0.05) is 20.8 Å². The van der Waals surface area contributed by atoms with Crippen LogP contribution in [-0.4, -0.2) is 32.6 Å². The first kappa shape index (κ1) is 19.0. The van der Waals surface area contributed by atoms with E-state index in [1.54, 1.807) is 38.7 Å². The molecule has 0 aliphatic carbocycles. The number of carboxylic acid groups (broad SMARTS) is 1. The van der Waals surface area contributed by atoms with Gasteiger partial charge in [0, 0.05) is 24.2 Å². The predicted molar refractivity (Wildman–Crippen MR) is 86.3 cm³/mol. The fraction of sp³-hybridized carbons (Fsp3) is 0.688. The smallest absolute Gasteiger partial charge is 0.408 e. The Hall–Kier alpha value is -2.05. The number of aliphatic carboxylic acids is 1. The lowest BCUT2D eigenvalue weighted by atomic mass is 9.87. The molecule has 0 fully saturated rings. The molecule has 1 aromatic heterocycles. The van der Waals surface area contributed by atoms with Crippen LogP contribution in [0.5, 0.6) is 0 Å². The van der Waals surface area contributed by atoms with Crippen LogP contribution in [0.4, 0.5) is 4.79 Å². The highest BCUT2D eigenvalue weighted by Gasteiger charge is 2.30. The maximum absolute atomic E-state index is 12.0. The van der Waals surface area contributed by atoms with Crippen LogP contribution in [0.1, 0.15) is 65.3 Å². The molecule has 0 unspecified atom stereocenters. The lowest BCUT2D eigenvalue weighted by molar-refractivity contribution is -0.137. The summed E-state index contributed by atoms with van der Waals surface area (Å²) in [5, 5.41) is 16.2. The summed E-state index contributed by atoms with van der Waals surface area (Å²) in [5.41, 5.74) is 0.512. The Labute approximate surface area is 137 Å². The molecule has 1 atom stereocenters. The molecule has 0 saturated heterocycles. The van der Waals surface area contributed by atoms with E-state index >= 15 is 0 Å². The van der Waals surface area contributed by atoms with E-state index in [4.69, 9.17) is 4.74 Å². The lowest BCUT2D eigenvalue weighted by Gasteiger charge is -2.25. The van der Waals surface area contributed by atoms with Crippen molar-refractivity contribution in [2.75, 3.05) is 0 Å². The zero-order valence-electron chi connectivity index (χ0n) is 14.9. The van der Waals surface area contributed by atoms with Gasteiger partial charge in [0.05, 0.1) is 18.2 Å². The number of nitrogens with zero attached hydrogens (tertiary/aromatic N) is 2. The van der Waals surface area contributed by atoms with E-state index in [1.807, 2.05) is 20.8 Å². The number of alkyl carbamates (subject to hydrolysis) is 1. The maximum Gasteiger partial charge on any atom is 0.408 e. The zero-order valence-corrected chi connectivity index (χ0v) is 14.9. The topological polar surface area (TPSA) is 93.5 Å². The number of nitrogens with one attached hydrogen (secondary N) is 1. The minimum absolute atomic E-state index is 0.242. The van der Waals surface area contributed by atoms with Gasteiger partial charge in [0.1, 0.15) is 5.60 Å². The quantitative estimate of drug-likeness (QED) is 0.888. The molecule has 1 heterocycles. The number of hydrogen-bond donors (Lipinski definition) is 2. The molecular formula is C16H27N3O4. The van der Waals surface area contributed by atoms with Crippen molar-refractivity contribution >= 4 is 12.1 Å². The lowest BCUT2D eigenvalue weighted by Crippen LogP contribution is -2.36. The Balaban J connectivity index is 3.13. The molecule has 0 aliphatic heterocycles. The van der Waals surface area contributed by atoms with Crippen LogP contribution in [0.25, 0.3) is 0 Å². The predicted octanol–water partition coefficient (Wildman–Crippen LogP) is 2.76. The zero-order chi connectivity index (χ0) is 18.0. The van der Waals surface area contributed by atoms with Gasteiger partial charge in [-0.2, -0.15) is 5.10 Å². The molecule has 0 bridgehead atoms. The highest BCUT2D eigenvalue weighted by atomic mass is 16.6. The van der Waals surface area contributed by atoms with Gasteiger partial charge in [0.25, 0.3) is 0 Å². The largest absolute Gasteiger partial charge is 0.481 e. The van der Waals surface area contributed by atoms with Crippen LogP contribution in [0.15, 0.2) is 6.20 Å². The third-order valence-electron chi connectivity index (χ3n) is 3.01. The summed E-state index contributed by atoms with van der Waals surface area (Å²) >= 11 is 0. The number of carboxylic acids is 1. The molecule has 0 saturated carbocycles. The molecule has 1 rings (SSSR count). The number of ether oxygens (including phenoxy) is 1. The Morgan fingerprint density at radius 3 is 2.30 bits per heavy atom. The van der Waals surface area contributed by atoms with E-state index in [0.717, 1.165) is 5.69 Å². The average molecular weight is 325 g/mol. The molecule has 0 spiro atoms. The van der Waals surface area contributed by atoms with Crippen LogP contribution in [0.2, 0.25) is 0 Å². The highest BCUT2D eigenvalue weighted by molar-refractivity contribution is 5.72. The van der Waals surface area contributed by atoms with Crippen molar-refractivity contribution < 1.29 is 19.4 Å². The number of aryl methyl sites for hydroxylation is 1. The number of carbonyl (C=O) groups is 2. The van der Waals surface area contributed by atoms with Gasteiger partial charge in [-0.25, -0.2) is 4.79 Å². The second-order valence-electron chi connectivity index (χ2n) is 7.65. The Morgan fingerprint density at radius 2 is 1.87 bits per heavy atom. The van der Waals surface area contributed by atoms with Gasteiger partial charge in [-0.05, 0) is 20.8 Å². The number of aromatic nitrogens is 2. The number of carbonyl (C=O) groups excluding carboxylic acids is 1. The first-order chi connectivity index (χ1) is 10.3. The average Bonchev–Trinajstić information content (AvgIpc) is 2.66. The van der Waals surface area contributed by atoms with Crippen molar-refractivity contribution in [3.63, 3.8) is 0 Å². The molecule has 130 valence electrons. The van der Waals surface area contributed by atoms with Crippen LogP contribution in [-0.2, 0) is 22.0 Å². The van der Waals surface area contributed by atoms with Crippen molar-refractivity contribution in [1.82, 2.24) is 15.1 Å². The third-order valence-corrected chi connectivity index (χ3v) is 3.01. The third kappa shape index (κ3) is 5.92. The van der Waals surface area contributed by atoms with Crippen molar-refractivity contribution in [3.8, 4) is 0 Å². The molecule has 0 radical (unpaired) electrons. The monoisotopic (exact) mass is 325 g/mol. The second-order valence-corrected chi connectivity index (χ2v) is 7.65. The van der Waals surface area contributed by atoms with E-state index in [-0.39, 0.29) is 11.8 Å². The molecule has 2 N–H and O–H groups in total. The summed E-state index contributed by atoms with van der Waals surface area (Å²) in [5.74, 6) is -1.00. The van der Waals surface area contributed by atoms with Crippen molar-refractivity contribution in [3.05, 3.63) is 17.5 Å². The van der Waals surface area contributed by atoms with E-state index in [2.05, 4.69) is 10.4 Å². The minimum atomic E-state index is -1.00. The summed E-state index contributed by atoms with van der Waals surface area (Å²) < 4.78 is 6.86. The van der Waals surface area contributed by atoms with E-state index in [0.29, 0.717) is 5.56 Å². The van der Waals surface area contributed by atoms with Gasteiger partial charge >= 0.3 is 12.1 Å². The summed E-state index contributed by atoms with van der Waals surface area (Å²) in [7, 11) is 1.77. The standard InChI is InChI=1S/C16H27N3O4/c1-15(2,3)13-10(9-19(7)18-13)11(8-12(20)21)17-14(22)23-16(4,5)6/h9,11H,8H2,1-7H3,(H,17,22)(H,20,21)/t11-/m0/s1. The summed E-state index contributed by atoms with van der Waals surface area (Å²) in [6, 6.07) is -0.703. The first-order valence-corrected chi connectivity index (χ1v) is 7.55. The number of hydrogen-bond acceptors (Lipinski definition) is 4. The van der Waals surface area contributed by atoms with Crippen molar-refractivity contribution in [2.45, 2.75) is 65.0 Å². The van der Waals surface area contributed by atoms with Gasteiger partial charge in [-0.3, -0.25) is 9.48 Å². The molecule has 0 aliphatic rings. The molecular weight excluding hydrogens is 298 g/mol. The second kappa shape index (κ2) is 6.60.